The van der Waals surface area contributed by atoms with Crippen LogP contribution in [0.5, 0.6) is 0 Å². The number of aryl methyl sites for hydroxylation is 2. The Hall–Kier alpha value is -2.25. The zero-order chi connectivity index (χ0) is 19.0. The van der Waals surface area contributed by atoms with E-state index in [1.54, 1.807) is 15.9 Å². The lowest BCUT2D eigenvalue weighted by Crippen LogP contribution is -2.23. The minimum absolute atomic E-state index is 0.0451. The van der Waals surface area contributed by atoms with Crippen molar-refractivity contribution in [3.8, 4) is 5.69 Å². The van der Waals surface area contributed by atoms with E-state index in [1.165, 1.54) is 5.56 Å². The van der Waals surface area contributed by atoms with Crippen molar-refractivity contribution in [3.63, 3.8) is 0 Å². The Morgan fingerprint density at radius 2 is 1.93 bits per heavy atom. The van der Waals surface area contributed by atoms with Gasteiger partial charge in [-0.1, -0.05) is 23.8 Å². The van der Waals surface area contributed by atoms with E-state index in [9.17, 15) is 4.79 Å². The monoisotopic (exact) mass is 484 g/mol. The second-order valence-electron chi connectivity index (χ2n) is 6.41. The van der Waals surface area contributed by atoms with Crippen LogP contribution in [0.1, 0.15) is 21.8 Å². The number of halogens is 1. The maximum Gasteiger partial charge on any atom is 0.266 e. The zero-order valence-corrected chi connectivity index (χ0v) is 17.9. The molecule has 5 heteroatoms. The molecule has 0 aliphatic carbocycles. The van der Waals surface area contributed by atoms with Crippen LogP contribution in [0.3, 0.4) is 0 Å². The Bertz CT molecular complexity index is 1220. The molecule has 0 aliphatic rings. The molecule has 3 nitrogen and oxygen atoms in total. The molecule has 0 unspecified atom stereocenters. The van der Waals surface area contributed by atoms with E-state index in [1.807, 2.05) is 66.9 Å². The number of nitrogens with zero attached hydrogens (tertiary/aromatic N) is 2. The number of aromatic nitrogens is 2. The second-order valence-corrected chi connectivity index (χ2v) is 8.64. The normalized spacial score (nSPS) is 11.5. The lowest BCUT2D eigenvalue weighted by atomic mass is 10.1. The molecule has 2 aromatic heterocycles. The zero-order valence-electron chi connectivity index (χ0n) is 14.9. The third-order valence-corrected chi connectivity index (χ3v) is 5.90. The number of rotatable bonds is 3. The summed E-state index contributed by atoms with van der Waals surface area (Å²) < 4.78 is 2.74. The van der Waals surface area contributed by atoms with Crippen LogP contribution in [0.2, 0.25) is 0 Å². The van der Waals surface area contributed by atoms with Gasteiger partial charge in [-0.2, -0.15) is 0 Å². The quantitative estimate of drug-likeness (QED) is 0.343. The number of benzene rings is 2. The number of hydrogen-bond acceptors (Lipinski definition) is 3. The van der Waals surface area contributed by atoms with E-state index in [-0.39, 0.29) is 5.56 Å². The van der Waals surface area contributed by atoms with Gasteiger partial charge in [0.15, 0.2) is 0 Å². The van der Waals surface area contributed by atoms with Gasteiger partial charge < -0.3 is 0 Å². The molecule has 0 amide bonds. The standard InChI is InChI=1S/C22H17IN2OS/c1-14-5-9-20(15(2)12-14)25-21(10-7-17-4-3-11-27-17)24-19-8-6-16(23)13-18(19)22(25)26/h3-13H,1-2H3. The molecule has 0 saturated carbocycles. The highest BCUT2D eigenvalue weighted by Crippen LogP contribution is 2.21. The fraction of sp³-hybridized carbons (Fsp3) is 0.0909. The first-order chi connectivity index (χ1) is 13.0. The van der Waals surface area contributed by atoms with E-state index in [0.717, 1.165) is 19.7 Å². The Balaban J connectivity index is 2.02. The van der Waals surface area contributed by atoms with Crippen LogP contribution in [0.25, 0.3) is 28.7 Å². The maximum absolute atomic E-state index is 13.4. The highest BCUT2D eigenvalue weighted by Gasteiger charge is 2.13. The number of hydrogen-bond donors (Lipinski definition) is 0. The first-order valence-corrected chi connectivity index (χ1v) is 10.5. The fourth-order valence-corrected chi connectivity index (χ4v) is 4.23. The predicted octanol–water partition coefficient (Wildman–Crippen LogP) is 5.84. The Morgan fingerprint density at radius 1 is 1.07 bits per heavy atom. The van der Waals surface area contributed by atoms with Gasteiger partial charge in [-0.05, 0) is 89.9 Å². The molecule has 2 aromatic carbocycles. The molecule has 0 radical (unpaired) electrons. The molecular weight excluding hydrogens is 467 g/mol. The van der Waals surface area contributed by atoms with Gasteiger partial charge in [-0.3, -0.25) is 9.36 Å². The van der Waals surface area contributed by atoms with Crippen LogP contribution < -0.4 is 5.56 Å². The summed E-state index contributed by atoms with van der Waals surface area (Å²) in [4.78, 5) is 19.3. The van der Waals surface area contributed by atoms with Gasteiger partial charge in [-0.25, -0.2) is 4.98 Å². The highest BCUT2D eigenvalue weighted by atomic mass is 127. The van der Waals surface area contributed by atoms with E-state index in [2.05, 4.69) is 35.6 Å². The molecule has 134 valence electrons. The van der Waals surface area contributed by atoms with Crippen molar-refractivity contribution in [2.45, 2.75) is 13.8 Å². The molecule has 4 rings (SSSR count). The van der Waals surface area contributed by atoms with Crippen LogP contribution >= 0.6 is 33.9 Å². The Morgan fingerprint density at radius 3 is 2.67 bits per heavy atom. The summed E-state index contributed by atoms with van der Waals surface area (Å²) in [6.07, 6.45) is 3.93. The molecule has 0 aliphatic heterocycles. The Labute approximate surface area is 175 Å². The van der Waals surface area contributed by atoms with E-state index in [4.69, 9.17) is 4.98 Å². The average molecular weight is 484 g/mol. The minimum atomic E-state index is -0.0451. The van der Waals surface area contributed by atoms with E-state index < -0.39 is 0 Å². The van der Waals surface area contributed by atoms with Crippen molar-refractivity contribution in [3.05, 3.63) is 89.7 Å². The molecule has 0 spiro atoms. The van der Waals surface area contributed by atoms with Crippen molar-refractivity contribution in [2.24, 2.45) is 0 Å². The van der Waals surface area contributed by atoms with Crippen molar-refractivity contribution >= 4 is 57.0 Å². The molecule has 0 N–H and O–H groups in total. The molecular formula is C22H17IN2OS. The highest BCUT2D eigenvalue weighted by molar-refractivity contribution is 14.1. The number of thiophene rings is 1. The minimum Gasteiger partial charge on any atom is -0.268 e. The largest absolute Gasteiger partial charge is 0.268 e. The fourth-order valence-electron chi connectivity index (χ4n) is 3.12. The molecule has 4 aromatic rings. The maximum atomic E-state index is 13.4. The summed E-state index contributed by atoms with van der Waals surface area (Å²) in [5, 5.41) is 2.67. The number of fused-ring (bicyclic) bond motifs is 1. The lowest BCUT2D eigenvalue weighted by Gasteiger charge is -2.14. The van der Waals surface area contributed by atoms with Crippen molar-refractivity contribution in [2.75, 3.05) is 0 Å². The first-order valence-electron chi connectivity index (χ1n) is 8.54. The summed E-state index contributed by atoms with van der Waals surface area (Å²) in [5.74, 6) is 0.633. The third kappa shape index (κ3) is 3.61. The van der Waals surface area contributed by atoms with Gasteiger partial charge in [-0.15, -0.1) is 11.3 Å². The summed E-state index contributed by atoms with van der Waals surface area (Å²) in [7, 11) is 0. The van der Waals surface area contributed by atoms with Crippen LogP contribution in [-0.2, 0) is 0 Å². The molecule has 0 fully saturated rings. The van der Waals surface area contributed by atoms with Crippen molar-refractivity contribution < 1.29 is 0 Å². The van der Waals surface area contributed by atoms with Gasteiger partial charge in [0.2, 0.25) is 0 Å². The Kier molecular flexibility index (Phi) is 4.97. The van der Waals surface area contributed by atoms with Gasteiger partial charge in [0.05, 0.1) is 16.6 Å². The van der Waals surface area contributed by atoms with Crippen LogP contribution in [-0.4, -0.2) is 9.55 Å². The SMILES string of the molecule is Cc1ccc(-n2c(C=Cc3cccs3)nc3ccc(I)cc3c2=O)c(C)c1. The summed E-state index contributed by atoms with van der Waals surface area (Å²) in [6.45, 7) is 4.08. The second kappa shape index (κ2) is 7.40. The van der Waals surface area contributed by atoms with Gasteiger partial charge in [0, 0.05) is 8.45 Å². The third-order valence-electron chi connectivity index (χ3n) is 4.39. The van der Waals surface area contributed by atoms with Crippen molar-refractivity contribution in [1.29, 1.82) is 0 Å². The topological polar surface area (TPSA) is 34.9 Å². The molecule has 0 atom stereocenters. The van der Waals surface area contributed by atoms with Crippen LogP contribution in [0.4, 0.5) is 0 Å². The molecule has 2 heterocycles. The molecule has 0 bridgehead atoms. The van der Waals surface area contributed by atoms with Crippen LogP contribution in [0, 0.1) is 17.4 Å². The van der Waals surface area contributed by atoms with Gasteiger partial charge in [0.1, 0.15) is 5.82 Å². The van der Waals surface area contributed by atoms with Gasteiger partial charge >= 0.3 is 0 Å². The molecule has 0 saturated heterocycles. The summed E-state index contributed by atoms with van der Waals surface area (Å²) in [6, 6.07) is 16.0. The average Bonchev–Trinajstić information content (AvgIpc) is 3.15. The molecule has 27 heavy (non-hydrogen) atoms. The van der Waals surface area contributed by atoms with E-state index >= 15 is 0 Å². The van der Waals surface area contributed by atoms with Gasteiger partial charge in [0.25, 0.3) is 5.56 Å². The van der Waals surface area contributed by atoms with Crippen LogP contribution in [0.15, 0.2) is 58.7 Å². The summed E-state index contributed by atoms with van der Waals surface area (Å²) >= 11 is 3.88. The van der Waals surface area contributed by atoms with E-state index in [0.29, 0.717) is 16.7 Å². The smallest absolute Gasteiger partial charge is 0.266 e. The van der Waals surface area contributed by atoms with Crippen molar-refractivity contribution in [1.82, 2.24) is 9.55 Å². The predicted molar refractivity (Wildman–Crippen MR) is 123 cm³/mol. The summed E-state index contributed by atoms with van der Waals surface area (Å²) in [5.41, 5.74) is 3.76. The first kappa shape index (κ1) is 18.1. The lowest BCUT2D eigenvalue weighted by molar-refractivity contribution is 0.933.